The van der Waals surface area contributed by atoms with E-state index in [-0.39, 0.29) is 17.1 Å². The van der Waals surface area contributed by atoms with E-state index in [4.69, 9.17) is 21.4 Å². The molecule has 0 saturated carbocycles. The van der Waals surface area contributed by atoms with Crippen molar-refractivity contribution in [3.05, 3.63) is 96.1 Å². The maximum absolute atomic E-state index is 10.5. The van der Waals surface area contributed by atoms with Crippen molar-refractivity contribution in [1.82, 2.24) is 0 Å². The van der Waals surface area contributed by atoms with E-state index in [2.05, 4.69) is 0 Å². The fourth-order valence-electron chi connectivity index (χ4n) is 2.44. The van der Waals surface area contributed by atoms with Crippen molar-refractivity contribution < 1.29 is 19.8 Å². The molecule has 0 unspecified atom stereocenters. The molecule has 0 saturated heterocycles. The zero-order chi connectivity index (χ0) is 20.5. The van der Waals surface area contributed by atoms with Gasteiger partial charge in [-0.2, -0.15) is 0 Å². The summed E-state index contributed by atoms with van der Waals surface area (Å²) >= 11 is 0. The number of hydrogen-bond donors (Lipinski definition) is 4. The van der Waals surface area contributed by atoms with Crippen molar-refractivity contribution in [2.75, 3.05) is 4.90 Å². The second kappa shape index (κ2) is 9.54. The number of aromatic carboxylic acids is 2. The highest BCUT2D eigenvalue weighted by molar-refractivity contribution is 6.01. The normalized spacial score (nSPS) is 9.57. The van der Waals surface area contributed by atoms with Crippen LogP contribution in [-0.2, 0) is 0 Å². The second-order valence-electron chi connectivity index (χ2n) is 5.55. The topological polar surface area (TPSA) is 128 Å². The molecule has 5 N–H and O–H groups in total. The first-order valence-corrected chi connectivity index (χ1v) is 8.21. The molecule has 3 aromatic carbocycles. The summed E-state index contributed by atoms with van der Waals surface area (Å²) < 4.78 is 0. The van der Waals surface area contributed by atoms with E-state index in [9.17, 15) is 9.59 Å². The predicted octanol–water partition coefficient (Wildman–Crippen LogP) is 3.80. The average Bonchev–Trinajstić information content (AvgIpc) is 2.70. The van der Waals surface area contributed by atoms with Crippen LogP contribution in [0.25, 0.3) is 0 Å². The molecule has 0 bridgehead atoms. The number of anilines is 2. The lowest BCUT2D eigenvalue weighted by Gasteiger charge is -2.22. The highest BCUT2D eigenvalue weighted by Gasteiger charge is 2.13. The van der Waals surface area contributed by atoms with Gasteiger partial charge in [-0.15, -0.1) is 0 Å². The Labute approximate surface area is 161 Å². The third-order valence-electron chi connectivity index (χ3n) is 3.66. The number of benzene rings is 3. The molecule has 7 nitrogen and oxygen atoms in total. The lowest BCUT2D eigenvalue weighted by atomic mass is 10.1. The molecule has 0 radical (unpaired) electrons. The molecule has 28 heavy (non-hydrogen) atoms. The first kappa shape index (κ1) is 20.2. The Morgan fingerprint density at radius 3 is 1.29 bits per heavy atom. The SMILES string of the molecule is N=C(N)N(c1ccccc1)c1ccccc1.O=C(O)c1ccccc1C(=O)O. The lowest BCUT2D eigenvalue weighted by Crippen LogP contribution is -2.32. The number of para-hydroxylation sites is 2. The minimum Gasteiger partial charge on any atom is -0.478 e. The predicted molar refractivity (Wildman–Crippen MR) is 107 cm³/mol. The van der Waals surface area contributed by atoms with Crippen molar-refractivity contribution in [3.63, 3.8) is 0 Å². The van der Waals surface area contributed by atoms with Crippen LogP contribution in [0.3, 0.4) is 0 Å². The zero-order valence-electron chi connectivity index (χ0n) is 14.8. The van der Waals surface area contributed by atoms with E-state index in [1.54, 1.807) is 4.90 Å². The smallest absolute Gasteiger partial charge is 0.336 e. The molecule has 0 aliphatic carbocycles. The van der Waals surface area contributed by atoms with Crippen LogP contribution >= 0.6 is 0 Å². The van der Waals surface area contributed by atoms with Crippen LogP contribution in [0, 0.1) is 5.41 Å². The Hall–Kier alpha value is -4.13. The highest BCUT2D eigenvalue weighted by atomic mass is 16.4. The van der Waals surface area contributed by atoms with Gasteiger partial charge in [0.05, 0.1) is 11.1 Å². The number of carboxylic acids is 2. The van der Waals surface area contributed by atoms with E-state index in [1.165, 1.54) is 24.3 Å². The quantitative estimate of drug-likeness (QED) is 0.404. The maximum Gasteiger partial charge on any atom is 0.336 e. The van der Waals surface area contributed by atoms with Gasteiger partial charge in [-0.3, -0.25) is 10.3 Å². The van der Waals surface area contributed by atoms with Crippen LogP contribution in [0.1, 0.15) is 20.7 Å². The molecule has 3 rings (SSSR count). The summed E-state index contributed by atoms with van der Waals surface area (Å²) in [7, 11) is 0. The number of nitrogens with one attached hydrogen (secondary N) is 1. The van der Waals surface area contributed by atoms with Gasteiger partial charge in [0.25, 0.3) is 0 Å². The molecule has 3 aromatic rings. The molecule has 0 fully saturated rings. The third kappa shape index (κ3) is 5.18. The van der Waals surface area contributed by atoms with Crippen LogP contribution in [0.4, 0.5) is 11.4 Å². The van der Waals surface area contributed by atoms with Crippen molar-refractivity contribution in [3.8, 4) is 0 Å². The summed E-state index contributed by atoms with van der Waals surface area (Å²) in [4.78, 5) is 22.6. The van der Waals surface area contributed by atoms with Crippen molar-refractivity contribution in [1.29, 1.82) is 5.41 Å². The summed E-state index contributed by atoms with van der Waals surface area (Å²) in [6.07, 6.45) is 0. The first-order chi connectivity index (χ1) is 13.4. The fourth-order valence-corrected chi connectivity index (χ4v) is 2.44. The standard InChI is InChI=1S/C13H13N3.C8H6O4/c14-13(15)16(11-7-3-1-4-8-11)12-9-5-2-6-10-12;9-7(10)5-3-1-2-4-6(5)8(11)12/h1-10H,(H3,14,15);1-4H,(H,9,10)(H,11,12). The van der Waals surface area contributed by atoms with Gasteiger partial charge in [0, 0.05) is 11.4 Å². The van der Waals surface area contributed by atoms with E-state index in [0.717, 1.165) is 11.4 Å². The summed E-state index contributed by atoms with van der Waals surface area (Å²) in [6.45, 7) is 0. The van der Waals surface area contributed by atoms with Gasteiger partial charge in [0.1, 0.15) is 0 Å². The van der Waals surface area contributed by atoms with E-state index >= 15 is 0 Å². The Bertz CT molecular complexity index is 887. The number of nitrogens with zero attached hydrogens (tertiary/aromatic N) is 1. The number of carbonyl (C=O) groups is 2. The molecular weight excluding hydrogens is 358 g/mol. The first-order valence-electron chi connectivity index (χ1n) is 8.21. The molecule has 7 heteroatoms. The van der Waals surface area contributed by atoms with Crippen LogP contribution < -0.4 is 10.6 Å². The van der Waals surface area contributed by atoms with E-state index in [1.807, 2.05) is 60.7 Å². The van der Waals surface area contributed by atoms with Gasteiger partial charge >= 0.3 is 11.9 Å². The zero-order valence-corrected chi connectivity index (χ0v) is 14.8. The molecule has 0 amide bonds. The molecule has 142 valence electrons. The number of guanidine groups is 1. The van der Waals surface area contributed by atoms with Gasteiger partial charge in [0.2, 0.25) is 0 Å². The number of nitrogens with two attached hydrogens (primary N) is 1. The van der Waals surface area contributed by atoms with Gasteiger partial charge in [-0.1, -0.05) is 48.5 Å². The average molecular weight is 377 g/mol. The van der Waals surface area contributed by atoms with Crippen LogP contribution in [0.2, 0.25) is 0 Å². The molecule has 0 atom stereocenters. The Kier molecular flexibility index (Phi) is 6.87. The van der Waals surface area contributed by atoms with Crippen molar-refractivity contribution in [2.24, 2.45) is 5.73 Å². The minimum atomic E-state index is -1.23. The lowest BCUT2D eigenvalue weighted by molar-refractivity contribution is 0.0651. The van der Waals surface area contributed by atoms with Crippen LogP contribution in [-0.4, -0.2) is 28.1 Å². The van der Waals surface area contributed by atoms with Gasteiger partial charge in [-0.05, 0) is 36.4 Å². The largest absolute Gasteiger partial charge is 0.478 e. The summed E-state index contributed by atoms with van der Waals surface area (Å²) in [5.74, 6) is -2.45. The van der Waals surface area contributed by atoms with Crippen LogP contribution in [0.15, 0.2) is 84.9 Å². The number of hydrogen-bond acceptors (Lipinski definition) is 3. The summed E-state index contributed by atoms with van der Waals surface area (Å²) in [5, 5.41) is 24.7. The molecule has 0 heterocycles. The Morgan fingerprint density at radius 1 is 0.679 bits per heavy atom. The minimum absolute atomic E-state index is 0.0115. The summed E-state index contributed by atoms with van der Waals surface area (Å²) in [5.41, 5.74) is 7.01. The summed E-state index contributed by atoms with van der Waals surface area (Å²) in [6, 6.07) is 24.7. The van der Waals surface area contributed by atoms with Gasteiger partial charge in [-0.25, -0.2) is 9.59 Å². The van der Waals surface area contributed by atoms with Gasteiger partial charge in [0.15, 0.2) is 5.96 Å². The van der Waals surface area contributed by atoms with E-state index in [0.29, 0.717) is 0 Å². The molecule has 0 aliphatic rings. The van der Waals surface area contributed by atoms with E-state index < -0.39 is 11.9 Å². The Balaban J connectivity index is 0.000000209. The molecular formula is C21H19N3O4. The second-order valence-corrected chi connectivity index (χ2v) is 5.55. The highest BCUT2D eigenvalue weighted by Crippen LogP contribution is 2.23. The maximum atomic E-state index is 10.5. The molecule has 0 aromatic heterocycles. The Morgan fingerprint density at radius 2 is 1.00 bits per heavy atom. The van der Waals surface area contributed by atoms with Crippen LogP contribution in [0.5, 0.6) is 0 Å². The monoisotopic (exact) mass is 377 g/mol. The molecule has 0 aliphatic heterocycles. The fraction of sp³-hybridized carbons (Fsp3) is 0. The third-order valence-corrected chi connectivity index (χ3v) is 3.66. The molecule has 0 spiro atoms. The van der Waals surface area contributed by atoms with Crippen molar-refractivity contribution >= 4 is 29.3 Å². The van der Waals surface area contributed by atoms with Crippen molar-refractivity contribution in [2.45, 2.75) is 0 Å². The number of rotatable bonds is 4. The number of carboxylic acid groups (broad SMARTS) is 2. The van der Waals surface area contributed by atoms with Gasteiger partial charge < -0.3 is 15.9 Å².